The van der Waals surface area contributed by atoms with E-state index in [1.165, 1.54) is 13.2 Å². The zero-order valence-electron chi connectivity index (χ0n) is 18.7. The van der Waals surface area contributed by atoms with Gasteiger partial charge in [0.05, 0.1) is 18.4 Å². The Balaban J connectivity index is 1.51. The molecule has 1 aliphatic carbocycles. The number of carbonyl (C=O) groups is 2. The molecule has 3 aromatic rings. The van der Waals surface area contributed by atoms with Gasteiger partial charge in [-0.05, 0) is 30.7 Å². The molecule has 0 amide bonds. The van der Waals surface area contributed by atoms with Crippen molar-refractivity contribution in [3.8, 4) is 5.75 Å². The largest absolute Gasteiger partial charge is 0.489 e. The van der Waals surface area contributed by atoms with Gasteiger partial charge in [-0.3, -0.25) is 4.79 Å². The van der Waals surface area contributed by atoms with E-state index in [1.807, 2.05) is 30.3 Å². The van der Waals surface area contributed by atoms with Crippen LogP contribution in [0, 0.1) is 5.82 Å². The lowest BCUT2D eigenvalue weighted by molar-refractivity contribution is -0.136. The molecule has 0 saturated carbocycles. The van der Waals surface area contributed by atoms with Gasteiger partial charge in [0.1, 0.15) is 18.2 Å². The summed E-state index contributed by atoms with van der Waals surface area (Å²) in [5, 5.41) is 3.26. The molecule has 5 rings (SSSR count). The molecule has 1 N–H and O–H groups in total. The van der Waals surface area contributed by atoms with Crippen molar-refractivity contribution in [2.45, 2.75) is 19.4 Å². The highest BCUT2D eigenvalue weighted by molar-refractivity contribution is 6.23. The number of benzene rings is 3. The number of methoxy groups -OCH3 is 1. The van der Waals surface area contributed by atoms with Crippen molar-refractivity contribution in [2.75, 3.05) is 7.11 Å². The quantitative estimate of drug-likeness (QED) is 0.540. The fraction of sp³-hybridized carbons (Fsp3) is 0.143. The van der Waals surface area contributed by atoms with Crippen LogP contribution in [0.3, 0.4) is 0 Å². The Kier molecular flexibility index (Phi) is 5.49. The predicted molar refractivity (Wildman–Crippen MR) is 125 cm³/mol. The number of ether oxygens (including phenoxy) is 2. The van der Waals surface area contributed by atoms with E-state index >= 15 is 0 Å². The zero-order valence-corrected chi connectivity index (χ0v) is 18.7. The number of rotatable bonds is 5. The van der Waals surface area contributed by atoms with E-state index < -0.39 is 11.9 Å². The van der Waals surface area contributed by atoms with Crippen molar-refractivity contribution in [2.24, 2.45) is 0 Å². The molecule has 6 heteroatoms. The average Bonchev–Trinajstić information content (AvgIpc) is 3.14. The van der Waals surface area contributed by atoms with Crippen LogP contribution in [0.15, 0.2) is 89.6 Å². The first-order valence-corrected chi connectivity index (χ1v) is 10.9. The van der Waals surface area contributed by atoms with Crippen molar-refractivity contribution in [1.29, 1.82) is 0 Å². The Morgan fingerprint density at radius 3 is 2.35 bits per heavy atom. The van der Waals surface area contributed by atoms with Gasteiger partial charge >= 0.3 is 5.97 Å². The second-order valence-corrected chi connectivity index (χ2v) is 8.20. The second kappa shape index (κ2) is 8.63. The number of fused-ring (bicyclic) bond motifs is 2. The highest BCUT2D eigenvalue weighted by Gasteiger charge is 2.42. The van der Waals surface area contributed by atoms with Gasteiger partial charge in [-0.15, -0.1) is 0 Å². The van der Waals surface area contributed by atoms with Crippen LogP contribution in [0.25, 0.3) is 5.70 Å². The Hall–Kier alpha value is -4.19. The van der Waals surface area contributed by atoms with E-state index in [0.29, 0.717) is 33.7 Å². The Labute approximate surface area is 196 Å². The minimum absolute atomic E-state index is 0.0921. The summed E-state index contributed by atoms with van der Waals surface area (Å²) in [4.78, 5) is 26.2. The summed E-state index contributed by atoms with van der Waals surface area (Å²) >= 11 is 0. The maximum absolute atomic E-state index is 13.9. The van der Waals surface area contributed by atoms with Crippen molar-refractivity contribution in [3.63, 3.8) is 0 Å². The standard InChI is InChI=1S/C28H22FNO4/c1-16-23(28(32)33-2)24(25-26(30-16)20-8-4-5-9-21(20)27(25)31)17-11-13-19(14-12-17)34-15-18-7-3-6-10-22(18)29/h3-14,24,30H,15H2,1-2H3. The molecule has 0 saturated heterocycles. The topological polar surface area (TPSA) is 64.6 Å². The Morgan fingerprint density at radius 2 is 1.65 bits per heavy atom. The predicted octanol–water partition coefficient (Wildman–Crippen LogP) is 5.15. The summed E-state index contributed by atoms with van der Waals surface area (Å²) in [6.45, 7) is 1.90. The lowest BCUT2D eigenvalue weighted by Crippen LogP contribution is -2.29. The third kappa shape index (κ3) is 3.57. The first-order chi connectivity index (χ1) is 16.5. The molecule has 0 bridgehead atoms. The number of carbonyl (C=O) groups excluding carboxylic acids is 2. The number of halogens is 1. The third-order valence-corrected chi connectivity index (χ3v) is 6.22. The van der Waals surface area contributed by atoms with Gasteiger partial charge in [-0.1, -0.05) is 54.6 Å². The maximum atomic E-state index is 13.9. The van der Waals surface area contributed by atoms with Crippen molar-refractivity contribution < 1.29 is 23.5 Å². The monoisotopic (exact) mass is 455 g/mol. The minimum atomic E-state index is -0.593. The Bertz CT molecular complexity index is 1370. The Morgan fingerprint density at radius 1 is 0.971 bits per heavy atom. The van der Waals surface area contributed by atoms with Gasteiger partial charge in [-0.2, -0.15) is 0 Å². The number of Topliss-reactive ketones (excluding diaryl/α,β-unsaturated/α-hetero) is 1. The molecule has 1 unspecified atom stereocenters. The van der Waals surface area contributed by atoms with Crippen LogP contribution in [-0.2, 0) is 16.1 Å². The fourth-order valence-corrected chi connectivity index (χ4v) is 4.58. The van der Waals surface area contributed by atoms with Crippen LogP contribution in [0.4, 0.5) is 4.39 Å². The zero-order chi connectivity index (χ0) is 23.8. The first kappa shape index (κ1) is 21.6. The molecule has 0 radical (unpaired) electrons. The SMILES string of the molecule is COC(=O)C1=C(C)NC2=C(C(=O)c3ccccc32)C1c1ccc(OCc2ccccc2F)cc1. The molecule has 0 fully saturated rings. The summed E-state index contributed by atoms with van der Waals surface area (Å²) in [6, 6.07) is 21.0. The number of allylic oxidation sites excluding steroid dienone is 2. The van der Waals surface area contributed by atoms with E-state index in [-0.39, 0.29) is 18.2 Å². The summed E-state index contributed by atoms with van der Waals surface area (Å²) < 4.78 is 24.7. The number of nitrogens with one attached hydrogen (secondary N) is 1. The fourth-order valence-electron chi connectivity index (χ4n) is 4.58. The molecule has 1 aliphatic heterocycles. The van der Waals surface area contributed by atoms with Crippen LogP contribution in [0.2, 0.25) is 0 Å². The number of dihydropyridines is 1. The van der Waals surface area contributed by atoms with Gasteiger partial charge < -0.3 is 14.8 Å². The van der Waals surface area contributed by atoms with Crippen LogP contribution >= 0.6 is 0 Å². The van der Waals surface area contributed by atoms with Gasteiger partial charge in [0.25, 0.3) is 0 Å². The summed E-state index contributed by atoms with van der Waals surface area (Å²) in [7, 11) is 1.33. The maximum Gasteiger partial charge on any atom is 0.336 e. The second-order valence-electron chi connectivity index (χ2n) is 8.20. The van der Waals surface area contributed by atoms with Crippen molar-refractivity contribution in [3.05, 3.63) is 118 Å². The molecule has 2 aliphatic rings. The molecular formula is C28H22FNO4. The van der Waals surface area contributed by atoms with Crippen LogP contribution in [0.5, 0.6) is 5.75 Å². The summed E-state index contributed by atoms with van der Waals surface area (Å²) in [5.41, 5.74) is 4.91. The molecule has 5 nitrogen and oxygen atoms in total. The van der Waals surface area contributed by atoms with E-state index in [4.69, 9.17) is 9.47 Å². The van der Waals surface area contributed by atoms with E-state index in [9.17, 15) is 14.0 Å². The van der Waals surface area contributed by atoms with Crippen molar-refractivity contribution >= 4 is 17.4 Å². The van der Waals surface area contributed by atoms with E-state index in [1.54, 1.807) is 43.3 Å². The molecule has 170 valence electrons. The van der Waals surface area contributed by atoms with Crippen LogP contribution in [-0.4, -0.2) is 18.9 Å². The molecule has 0 spiro atoms. The molecular weight excluding hydrogens is 433 g/mol. The van der Waals surface area contributed by atoms with Gasteiger partial charge in [0, 0.05) is 33.9 Å². The normalized spacial score (nSPS) is 16.7. The molecule has 1 atom stereocenters. The summed E-state index contributed by atoms with van der Waals surface area (Å²) in [5.74, 6) is -0.973. The third-order valence-electron chi connectivity index (χ3n) is 6.22. The highest BCUT2D eigenvalue weighted by Crippen LogP contribution is 2.46. The lowest BCUT2D eigenvalue weighted by Gasteiger charge is -2.29. The van der Waals surface area contributed by atoms with E-state index in [0.717, 1.165) is 16.8 Å². The molecule has 34 heavy (non-hydrogen) atoms. The van der Waals surface area contributed by atoms with Crippen LogP contribution < -0.4 is 10.1 Å². The minimum Gasteiger partial charge on any atom is -0.489 e. The van der Waals surface area contributed by atoms with Crippen LogP contribution in [0.1, 0.15) is 39.9 Å². The highest BCUT2D eigenvalue weighted by atomic mass is 19.1. The number of esters is 1. The average molecular weight is 455 g/mol. The number of hydrogen-bond acceptors (Lipinski definition) is 5. The first-order valence-electron chi connectivity index (χ1n) is 10.9. The number of hydrogen-bond donors (Lipinski definition) is 1. The smallest absolute Gasteiger partial charge is 0.336 e. The lowest BCUT2D eigenvalue weighted by atomic mass is 9.80. The van der Waals surface area contributed by atoms with E-state index in [2.05, 4.69) is 5.32 Å². The molecule has 0 aromatic heterocycles. The number of ketones is 1. The van der Waals surface area contributed by atoms with Crippen molar-refractivity contribution in [1.82, 2.24) is 5.32 Å². The summed E-state index contributed by atoms with van der Waals surface area (Å²) in [6.07, 6.45) is 0. The van der Waals surface area contributed by atoms with Gasteiger partial charge in [0.15, 0.2) is 5.78 Å². The van der Waals surface area contributed by atoms with Gasteiger partial charge in [-0.25, -0.2) is 9.18 Å². The van der Waals surface area contributed by atoms with Gasteiger partial charge in [0.2, 0.25) is 0 Å². The molecule has 3 aromatic carbocycles. The molecule has 1 heterocycles.